The first-order valence-corrected chi connectivity index (χ1v) is 21.8. The fourth-order valence-electron chi connectivity index (χ4n) is 12.4. The van der Waals surface area contributed by atoms with Gasteiger partial charge in [-0.15, -0.1) is 0 Å². The van der Waals surface area contributed by atoms with E-state index in [1.54, 1.807) is 0 Å². The molecule has 0 saturated carbocycles. The summed E-state index contributed by atoms with van der Waals surface area (Å²) in [5, 5.41) is 7.77. The van der Waals surface area contributed by atoms with E-state index in [1.165, 1.54) is 121 Å². The lowest BCUT2D eigenvalue weighted by atomic mass is 9.52. The summed E-state index contributed by atoms with van der Waals surface area (Å²) < 4.78 is 0. The number of hydrogen-bond donors (Lipinski definition) is 0. The van der Waals surface area contributed by atoms with E-state index < -0.39 is 10.8 Å². The van der Waals surface area contributed by atoms with Crippen molar-refractivity contribution in [1.82, 2.24) is 0 Å². The molecule has 0 saturated heterocycles. The smallest absolute Gasteiger partial charge is 0.0619 e. The number of hydrogen-bond acceptors (Lipinski definition) is 0. The van der Waals surface area contributed by atoms with Crippen LogP contribution in [0.4, 0.5) is 0 Å². The highest BCUT2D eigenvalue weighted by Crippen LogP contribution is 2.67. The Morgan fingerprint density at radius 3 is 0.984 bits per heavy atom. The van der Waals surface area contributed by atoms with Crippen LogP contribution in [0, 0.1) is 0 Å². The van der Waals surface area contributed by atoms with E-state index in [2.05, 4.69) is 231 Å². The van der Waals surface area contributed by atoms with Crippen LogP contribution in [0.3, 0.4) is 0 Å². The fraction of sp³-hybridized carbons (Fsp3) is 0.0323. The third-order valence-corrected chi connectivity index (χ3v) is 14.7. The summed E-state index contributed by atoms with van der Waals surface area (Å²) in [6.45, 7) is 0. The van der Waals surface area contributed by atoms with Crippen LogP contribution in [-0.4, -0.2) is 0 Å². The van der Waals surface area contributed by atoms with E-state index in [4.69, 9.17) is 0 Å². The first-order chi connectivity index (χ1) is 30.8. The molecule has 0 aromatic heterocycles. The van der Waals surface area contributed by atoms with E-state index in [1.807, 2.05) is 0 Å². The molecule has 3 aliphatic carbocycles. The SMILES string of the molecule is c1cc(-c2ccc3c(c2)C2(c4ccccc4-c4ccccc42)c2ccccc2C32c3ccccc3-c3ccccc32)cc(-c2ccc3c4ccccc4c4ccccc4c3c2)c1. The first-order valence-electron chi connectivity index (χ1n) is 21.8. The second-order valence-electron chi connectivity index (χ2n) is 17.4. The van der Waals surface area contributed by atoms with Crippen molar-refractivity contribution in [2.24, 2.45) is 0 Å². The van der Waals surface area contributed by atoms with Crippen LogP contribution in [0.5, 0.6) is 0 Å². The predicted molar refractivity (Wildman–Crippen MR) is 258 cm³/mol. The molecule has 11 aromatic carbocycles. The van der Waals surface area contributed by atoms with E-state index in [0.717, 1.165) is 0 Å². The van der Waals surface area contributed by atoms with Gasteiger partial charge < -0.3 is 0 Å². The van der Waals surface area contributed by atoms with E-state index >= 15 is 0 Å². The van der Waals surface area contributed by atoms with Crippen molar-refractivity contribution in [1.29, 1.82) is 0 Å². The van der Waals surface area contributed by atoms with Crippen LogP contribution < -0.4 is 0 Å². The van der Waals surface area contributed by atoms with Gasteiger partial charge in [0.15, 0.2) is 0 Å². The maximum absolute atomic E-state index is 2.56. The van der Waals surface area contributed by atoms with Gasteiger partial charge in [-0.2, -0.15) is 0 Å². The van der Waals surface area contributed by atoms with Crippen molar-refractivity contribution in [2.45, 2.75) is 10.8 Å². The summed E-state index contributed by atoms with van der Waals surface area (Å²) in [6, 6.07) is 87.4. The maximum Gasteiger partial charge on any atom is 0.0720 e. The number of rotatable bonds is 2. The van der Waals surface area contributed by atoms with E-state index in [-0.39, 0.29) is 0 Å². The minimum absolute atomic E-state index is 0.491. The van der Waals surface area contributed by atoms with Crippen LogP contribution in [0.25, 0.3) is 76.8 Å². The van der Waals surface area contributed by atoms with Gasteiger partial charge >= 0.3 is 0 Å². The minimum atomic E-state index is -0.521. The molecule has 14 rings (SSSR count). The van der Waals surface area contributed by atoms with Crippen molar-refractivity contribution >= 4 is 32.3 Å². The zero-order valence-corrected chi connectivity index (χ0v) is 33.9. The highest BCUT2D eigenvalue weighted by atomic mass is 14.6. The normalized spacial score (nSPS) is 14.4. The van der Waals surface area contributed by atoms with Gasteiger partial charge in [0, 0.05) is 0 Å². The Kier molecular flexibility index (Phi) is 6.78. The lowest BCUT2D eigenvalue weighted by molar-refractivity contribution is 0.633. The highest BCUT2D eigenvalue weighted by Gasteiger charge is 2.58. The molecule has 0 N–H and O–H groups in total. The second kappa shape index (κ2) is 12.4. The summed E-state index contributed by atoms with van der Waals surface area (Å²) in [7, 11) is 0. The van der Waals surface area contributed by atoms with Crippen LogP contribution in [0.1, 0.15) is 44.5 Å². The topological polar surface area (TPSA) is 0 Å². The molecule has 0 nitrogen and oxygen atoms in total. The molecule has 0 fully saturated rings. The molecule has 0 bridgehead atoms. The Morgan fingerprint density at radius 1 is 0.177 bits per heavy atom. The fourth-order valence-corrected chi connectivity index (χ4v) is 12.4. The summed E-state index contributed by atoms with van der Waals surface area (Å²) >= 11 is 0. The summed E-state index contributed by atoms with van der Waals surface area (Å²) in [6.07, 6.45) is 0. The molecule has 0 heteroatoms. The van der Waals surface area contributed by atoms with Crippen LogP contribution in [-0.2, 0) is 10.8 Å². The summed E-state index contributed by atoms with van der Waals surface area (Å²) in [5.74, 6) is 0. The standard InChI is InChI=1S/C62H38/c1-2-20-45-43(18-1)44-19-3-4-21-46(44)52-37-41(32-34-47(45)52)39-16-15-17-40(36-39)42-33-35-59-60(38-42)62(55-28-11-7-24-50(55)51-25-8-12-29-56(51)62)58-31-14-13-30-57(58)61(59)53-26-9-5-22-48(53)49-23-6-10-27-54(49)61/h1-38H. The zero-order valence-electron chi connectivity index (χ0n) is 33.9. The van der Waals surface area contributed by atoms with Gasteiger partial charge in [-0.3, -0.25) is 0 Å². The van der Waals surface area contributed by atoms with Gasteiger partial charge in [0.05, 0.1) is 10.8 Å². The maximum atomic E-state index is 2.56. The third kappa shape index (κ3) is 4.17. The summed E-state index contributed by atoms with van der Waals surface area (Å²) in [4.78, 5) is 0. The first kappa shape index (κ1) is 34.0. The molecular formula is C62H38. The van der Waals surface area contributed by atoms with Gasteiger partial charge in [-0.05, 0) is 140 Å². The molecule has 62 heavy (non-hydrogen) atoms. The molecule has 0 radical (unpaired) electrons. The Labute approximate surface area is 361 Å². The van der Waals surface area contributed by atoms with Crippen LogP contribution >= 0.6 is 0 Å². The Morgan fingerprint density at radius 2 is 0.500 bits per heavy atom. The molecule has 0 amide bonds. The lowest BCUT2D eigenvalue weighted by Gasteiger charge is -2.49. The molecular weight excluding hydrogens is 745 g/mol. The molecule has 2 spiro atoms. The molecule has 0 aliphatic heterocycles. The largest absolute Gasteiger partial charge is 0.0720 e. The average Bonchev–Trinajstić information content (AvgIpc) is 3.82. The quantitative estimate of drug-likeness (QED) is 0.153. The van der Waals surface area contributed by atoms with Gasteiger partial charge in [-0.25, -0.2) is 0 Å². The third-order valence-electron chi connectivity index (χ3n) is 14.7. The van der Waals surface area contributed by atoms with Gasteiger partial charge in [0.1, 0.15) is 0 Å². The van der Waals surface area contributed by atoms with Crippen molar-refractivity contribution < 1.29 is 0 Å². The Balaban J connectivity index is 1.04. The minimum Gasteiger partial charge on any atom is -0.0619 e. The summed E-state index contributed by atoms with van der Waals surface area (Å²) in [5.41, 5.74) is 20.0. The monoisotopic (exact) mass is 782 g/mol. The van der Waals surface area contributed by atoms with Gasteiger partial charge in [0.2, 0.25) is 0 Å². The van der Waals surface area contributed by atoms with Crippen molar-refractivity contribution in [3.05, 3.63) is 275 Å². The van der Waals surface area contributed by atoms with Gasteiger partial charge in [-0.1, -0.05) is 212 Å². The predicted octanol–water partition coefficient (Wildman–Crippen LogP) is 15.5. The molecule has 3 aliphatic rings. The molecule has 0 unspecified atom stereocenters. The number of fused-ring (bicyclic) bond motifs is 22. The molecule has 11 aromatic rings. The van der Waals surface area contributed by atoms with E-state index in [9.17, 15) is 0 Å². The van der Waals surface area contributed by atoms with Crippen LogP contribution in [0.2, 0.25) is 0 Å². The molecule has 286 valence electrons. The van der Waals surface area contributed by atoms with Crippen LogP contribution in [0.15, 0.2) is 231 Å². The second-order valence-corrected chi connectivity index (χ2v) is 17.4. The molecule has 0 heterocycles. The average molecular weight is 783 g/mol. The Bertz CT molecular complexity index is 3590. The van der Waals surface area contributed by atoms with E-state index in [0.29, 0.717) is 0 Å². The van der Waals surface area contributed by atoms with Crippen molar-refractivity contribution in [3.8, 4) is 44.5 Å². The lowest BCUT2D eigenvalue weighted by Crippen LogP contribution is -2.43. The number of benzene rings is 11. The van der Waals surface area contributed by atoms with Crippen molar-refractivity contribution in [2.75, 3.05) is 0 Å². The Hall–Kier alpha value is -7.80. The molecule has 0 atom stereocenters. The van der Waals surface area contributed by atoms with Gasteiger partial charge in [0.25, 0.3) is 0 Å². The highest BCUT2D eigenvalue weighted by molar-refractivity contribution is 6.25. The zero-order chi connectivity index (χ0) is 40.6. The van der Waals surface area contributed by atoms with Crippen molar-refractivity contribution in [3.63, 3.8) is 0 Å².